The molecule has 1 aliphatic carbocycles. The summed E-state index contributed by atoms with van der Waals surface area (Å²) in [6.07, 6.45) is -4.14. The van der Waals surface area contributed by atoms with Gasteiger partial charge in [-0.15, -0.1) is 0 Å². The molecule has 1 aromatic carbocycles. The van der Waals surface area contributed by atoms with Gasteiger partial charge in [0.15, 0.2) is 5.41 Å². The van der Waals surface area contributed by atoms with Crippen LogP contribution in [0.2, 0.25) is 0 Å². The van der Waals surface area contributed by atoms with Gasteiger partial charge < -0.3 is 14.2 Å². The van der Waals surface area contributed by atoms with Crippen molar-refractivity contribution in [2.24, 2.45) is 5.41 Å². The van der Waals surface area contributed by atoms with E-state index in [2.05, 4.69) is 14.2 Å². The molecule has 0 unspecified atom stereocenters. The lowest BCUT2D eigenvalue weighted by molar-refractivity contribution is -0.163. The zero-order chi connectivity index (χ0) is 19.7. The summed E-state index contributed by atoms with van der Waals surface area (Å²) in [4.78, 5) is 36.6. The van der Waals surface area contributed by atoms with Gasteiger partial charge in [-0.2, -0.15) is 13.2 Å². The molecule has 0 atom stereocenters. The topological polar surface area (TPSA) is 78.9 Å². The molecule has 1 aliphatic rings. The fourth-order valence-electron chi connectivity index (χ4n) is 2.94. The average Bonchev–Trinajstić information content (AvgIpc) is 2.93. The first-order valence-electron chi connectivity index (χ1n) is 7.29. The Kier molecular flexibility index (Phi) is 5.11. The molecule has 1 aromatic rings. The minimum Gasteiger partial charge on any atom is -0.468 e. The number of rotatable bonds is 3. The summed E-state index contributed by atoms with van der Waals surface area (Å²) >= 11 is 0. The van der Waals surface area contributed by atoms with Crippen LogP contribution in [0.1, 0.15) is 16.7 Å². The molecule has 0 aliphatic heterocycles. The number of hydrogen-bond acceptors (Lipinski definition) is 6. The van der Waals surface area contributed by atoms with E-state index in [4.69, 9.17) is 0 Å². The van der Waals surface area contributed by atoms with Crippen LogP contribution in [0.3, 0.4) is 0 Å². The van der Waals surface area contributed by atoms with Crippen molar-refractivity contribution in [1.29, 1.82) is 0 Å². The second-order valence-electron chi connectivity index (χ2n) is 5.52. The fourth-order valence-corrected chi connectivity index (χ4v) is 2.94. The second kappa shape index (κ2) is 6.81. The molecule has 0 fully saturated rings. The van der Waals surface area contributed by atoms with Gasteiger partial charge in [0.2, 0.25) is 0 Å². The average molecular weight is 372 g/mol. The lowest BCUT2D eigenvalue weighted by Crippen LogP contribution is -2.41. The number of methoxy groups -OCH3 is 3. The smallest absolute Gasteiger partial charge is 0.416 e. The van der Waals surface area contributed by atoms with Crippen LogP contribution in [0.4, 0.5) is 13.2 Å². The summed E-state index contributed by atoms with van der Waals surface area (Å²) in [6, 6.07) is 2.76. The third-order valence-electron chi connectivity index (χ3n) is 4.17. The van der Waals surface area contributed by atoms with Crippen LogP contribution < -0.4 is 0 Å². The van der Waals surface area contributed by atoms with Crippen LogP contribution in [0.25, 0.3) is 5.57 Å². The van der Waals surface area contributed by atoms with Gasteiger partial charge in [-0.3, -0.25) is 9.59 Å². The van der Waals surface area contributed by atoms with E-state index in [-0.39, 0.29) is 23.1 Å². The van der Waals surface area contributed by atoms with E-state index < -0.39 is 35.1 Å². The van der Waals surface area contributed by atoms with E-state index in [0.29, 0.717) is 0 Å². The van der Waals surface area contributed by atoms with E-state index in [1.165, 1.54) is 0 Å². The van der Waals surface area contributed by atoms with Gasteiger partial charge in [0.05, 0.1) is 26.9 Å². The van der Waals surface area contributed by atoms with Crippen LogP contribution >= 0.6 is 0 Å². The Morgan fingerprint density at radius 1 is 1.04 bits per heavy atom. The predicted octanol–water partition coefficient (Wildman–Crippen LogP) is 2.15. The molecule has 9 heteroatoms. The van der Waals surface area contributed by atoms with Crippen LogP contribution in [0.5, 0.6) is 0 Å². The summed E-state index contributed by atoms with van der Waals surface area (Å²) in [5, 5.41) is 0. The van der Waals surface area contributed by atoms with Gasteiger partial charge in [0.25, 0.3) is 0 Å². The van der Waals surface area contributed by atoms with Crippen molar-refractivity contribution in [2.75, 3.05) is 21.3 Å². The number of fused-ring (bicyclic) bond motifs is 1. The highest BCUT2D eigenvalue weighted by Crippen LogP contribution is 2.49. The van der Waals surface area contributed by atoms with Gasteiger partial charge in [0.1, 0.15) is 0 Å². The molecule has 0 radical (unpaired) electrons. The van der Waals surface area contributed by atoms with Crippen LogP contribution in [-0.2, 0) is 41.2 Å². The number of carbonyl (C=O) groups is 3. The van der Waals surface area contributed by atoms with E-state index in [0.717, 1.165) is 45.6 Å². The molecule has 0 saturated heterocycles. The standard InChI is InChI=1S/C17H15F3O6/c1-24-13(21)7-12-11-6-10(17(18,19)20)5-4-9(11)8-16(12,14(22)25-2)15(23)26-3/h4-7H,8H2,1-3H3/b12-7-. The number of benzene rings is 1. The van der Waals surface area contributed by atoms with Gasteiger partial charge in [0, 0.05) is 12.5 Å². The van der Waals surface area contributed by atoms with Crippen molar-refractivity contribution < 1.29 is 41.8 Å². The van der Waals surface area contributed by atoms with E-state index >= 15 is 0 Å². The molecule has 0 bridgehead atoms. The Balaban J connectivity index is 2.79. The zero-order valence-corrected chi connectivity index (χ0v) is 14.1. The molecule has 2 rings (SSSR count). The van der Waals surface area contributed by atoms with Crippen LogP contribution in [-0.4, -0.2) is 39.2 Å². The number of carbonyl (C=O) groups excluding carboxylic acids is 3. The van der Waals surface area contributed by atoms with E-state index in [1.54, 1.807) is 0 Å². The predicted molar refractivity (Wildman–Crippen MR) is 81.6 cm³/mol. The molecule has 0 saturated carbocycles. The minimum absolute atomic E-state index is 0.0685. The Bertz CT molecular complexity index is 778. The van der Waals surface area contributed by atoms with Gasteiger partial charge in [-0.1, -0.05) is 6.07 Å². The molecule has 0 amide bonds. The Hall–Kier alpha value is -2.84. The quantitative estimate of drug-likeness (QED) is 0.350. The number of esters is 3. The van der Waals surface area contributed by atoms with Gasteiger partial charge in [-0.05, 0) is 28.8 Å². The SMILES string of the molecule is COC(=O)/C=C1/c2cc(C(F)(F)F)ccc2CC1(C(=O)OC)C(=O)OC. The molecule has 0 heterocycles. The molecule has 6 nitrogen and oxygen atoms in total. The monoisotopic (exact) mass is 372 g/mol. The minimum atomic E-state index is -4.65. The van der Waals surface area contributed by atoms with E-state index in [1.807, 2.05) is 0 Å². The van der Waals surface area contributed by atoms with Gasteiger partial charge >= 0.3 is 24.1 Å². The fraction of sp³-hybridized carbons (Fsp3) is 0.353. The molecule has 0 aromatic heterocycles. The normalized spacial score (nSPS) is 16.8. The molecule has 0 N–H and O–H groups in total. The zero-order valence-electron chi connectivity index (χ0n) is 14.1. The largest absolute Gasteiger partial charge is 0.468 e. The molecule has 26 heavy (non-hydrogen) atoms. The maximum atomic E-state index is 13.1. The maximum Gasteiger partial charge on any atom is 0.416 e. The molecule has 140 valence electrons. The molecular weight excluding hydrogens is 357 g/mol. The lowest BCUT2D eigenvalue weighted by atomic mass is 9.80. The first kappa shape index (κ1) is 19.5. The Morgan fingerprint density at radius 2 is 1.62 bits per heavy atom. The van der Waals surface area contributed by atoms with Crippen LogP contribution in [0.15, 0.2) is 24.3 Å². The highest BCUT2D eigenvalue weighted by molar-refractivity contribution is 6.16. The first-order chi connectivity index (χ1) is 12.1. The van der Waals surface area contributed by atoms with Crippen molar-refractivity contribution in [3.63, 3.8) is 0 Å². The summed E-state index contributed by atoms with van der Waals surface area (Å²) in [7, 11) is 3.10. The number of halogens is 3. The number of hydrogen-bond donors (Lipinski definition) is 0. The number of ether oxygens (including phenoxy) is 3. The van der Waals surface area contributed by atoms with E-state index in [9.17, 15) is 27.6 Å². The third kappa shape index (κ3) is 3.04. The van der Waals surface area contributed by atoms with Crippen molar-refractivity contribution in [3.8, 4) is 0 Å². The summed E-state index contributed by atoms with van der Waals surface area (Å²) in [5.41, 5.74) is -3.14. The van der Waals surface area contributed by atoms with Crippen molar-refractivity contribution in [1.82, 2.24) is 0 Å². The second-order valence-corrected chi connectivity index (χ2v) is 5.52. The summed E-state index contributed by atoms with van der Waals surface area (Å²) in [6.45, 7) is 0. The lowest BCUT2D eigenvalue weighted by Gasteiger charge is -2.25. The van der Waals surface area contributed by atoms with Crippen LogP contribution in [0, 0.1) is 5.41 Å². The maximum absolute atomic E-state index is 13.1. The van der Waals surface area contributed by atoms with Crippen molar-refractivity contribution in [2.45, 2.75) is 12.6 Å². The Labute approximate surface area is 146 Å². The molecular formula is C17H15F3O6. The highest BCUT2D eigenvalue weighted by atomic mass is 19.4. The first-order valence-corrected chi connectivity index (χ1v) is 7.29. The molecule has 0 spiro atoms. The Morgan fingerprint density at radius 3 is 2.08 bits per heavy atom. The number of alkyl halides is 3. The van der Waals surface area contributed by atoms with Gasteiger partial charge in [-0.25, -0.2) is 4.79 Å². The van der Waals surface area contributed by atoms with Crippen molar-refractivity contribution >= 4 is 23.5 Å². The third-order valence-corrected chi connectivity index (χ3v) is 4.17. The highest BCUT2D eigenvalue weighted by Gasteiger charge is 2.57. The summed E-state index contributed by atoms with van der Waals surface area (Å²) < 4.78 is 53.0. The summed E-state index contributed by atoms with van der Waals surface area (Å²) in [5.74, 6) is -3.05. The van der Waals surface area contributed by atoms with Crippen molar-refractivity contribution in [3.05, 3.63) is 41.0 Å².